The van der Waals surface area contributed by atoms with Gasteiger partial charge in [0.2, 0.25) is 0 Å². The molecule has 0 heterocycles. The van der Waals surface area contributed by atoms with Gasteiger partial charge in [-0.15, -0.1) is 0 Å². The summed E-state index contributed by atoms with van der Waals surface area (Å²) in [5.74, 6) is -2.77. The van der Waals surface area contributed by atoms with Crippen molar-refractivity contribution < 1.29 is 34.2 Å². The van der Waals surface area contributed by atoms with E-state index in [1.54, 1.807) is 0 Å². The van der Waals surface area contributed by atoms with Gasteiger partial charge in [-0.1, -0.05) is 89.7 Å². The number of quaternary nitrogens is 1. The van der Waals surface area contributed by atoms with Crippen LogP contribution in [0.15, 0.2) is 12.2 Å². The van der Waals surface area contributed by atoms with Gasteiger partial charge in [0, 0.05) is 31.7 Å². The summed E-state index contributed by atoms with van der Waals surface area (Å²) in [5, 5.41) is 29.1. The Morgan fingerprint density at radius 2 is 0.921 bits per heavy atom. The molecule has 0 saturated heterocycles. The van der Waals surface area contributed by atoms with Crippen LogP contribution in [0, 0.1) is 0 Å². The summed E-state index contributed by atoms with van der Waals surface area (Å²) in [7, 11) is 0. The molecule has 0 spiro atoms. The fourth-order valence-corrected chi connectivity index (χ4v) is 5.24. The molecule has 38 heavy (non-hydrogen) atoms. The first-order chi connectivity index (χ1) is 18.3. The second kappa shape index (κ2) is 25.4. The van der Waals surface area contributed by atoms with Gasteiger partial charge < -0.3 is 24.6 Å². The Morgan fingerprint density at radius 3 is 1.34 bits per heavy atom. The number of hydrogen-bond donors (Lipinski definition) is 2. The number of nitrogens with zero attached hydrogens (tertiary/aromatic N) is 1. The number of carbonyl (C=O) groups is 3. The Hall–Kier alpha value is -1.89. The number of hydrogen-bond acceptors (Lipinski definition) is 4. The quantitative estimate of drug-likeness (QED) is 0.0638. The highest BCUT2D eigenvalue weighted by molar-refractivity contribution is 5.66. The Balaban J connectivity index is 4.29. The molecule has 0 atom stereocenters. The van der Waals surface area contributed by atoms with E-state index >= 15 is 0 Å². The van der Waals surface area contributed by atoms with Gasteiger partial charge in [0.15, 0.2) is 0 Å². The molecule has 2 N–H and O–H groups in total. The maximum absolute atomic E-state index is 11.0. The largest absolute Gasteiger partial charge is 0.550 e. The second-order valence-corrected chi connectivity index (χ2v) is 11.0. The van der Waals surface area contributed by atoms with Crippen LogP contribution in [0.5, 0.6) is 0 Å². The number of aliphatic carboxylic acids is 3. The third-order valence-corrected chi connectivity index (χ3v) is 7.45. The summed E-state index contributed by atoms with van der Waals surface area (Å²) in [5.41, 5.74) is 0. The molecule has 7 heteroatoms. The number of rotatable bonds is 29. The topological polar surface area (TPSA) is 115 Å². The standard InChI is InChI=1S/C31H57NO6/c1-2-3-4-5-6-7-8-9-10-11-12-13-14-15-16-17-18-25-32(26-19-22-29(33)34,27-20-23-30(35)36)28-21-24-31(37)38/h15-16H,2-14,17-28H2,1H3,(H2-,33,34,35,36,37,38)/b16-15+. The Kier molecular flexibility index (Phi) is 24.1. The van der Waals surface area contributed by atoms with E-state index in [4.69, 9.17) is 10.2 Å². The van der Waals surface area contributed by atoms with E-state index in [-0.39, 0.29) is 19.3 Å². The first-order valence-corrected chi connectivity index (χ1v) is 15.4. The molecule has 222 valence electrons. The van der Waals surface area contributed by atoms with Gasteiger partial charge in [0.05, 0.1) is 39.0 Å². The van der Waals surface area contributed by atoms with E-state index in [0.29, 0.717) is 43.4 Å². The molecule has 0 aromatic heterocycles. The smallest absolute Gasteiger partial charge is 0.303 e. The minimum absolute atomic E-state index is 0.0309. The van der Waals surface area contributed by atoms with Crippen LogP contribution in [0.1, 0.15) is 142 Å². The van der Waals surface area contributed by atoms with E-state index in [1.807, 2.05) is 0 Å². The van der Waals surface area contributed by atoms with E-state index in [2.05, 4.69) is 19.1 Å². The van der Waals surface area contributed by atoms with Crippen LogP contribution in [0.2, 0.25) is 0 Å². The highest BCUT2D eigenvalue weighted by atomic mass is 16.4. The molecular formula is C31H57NO6. The van der Waals surface area contributed by atoms with Crippen LogP contribution in [0.25, 0.3) is 0 Å². The van der Waals surface area contributed by atoms with Crippen molar-refractivity contribution in [2.45, 2.75) is 142 Å². The summed E-state index contributed by atoms with van der Waals surface area (Å²) >= 11 is 0. The van der Waals surface area contributed by atoms with Crippen molar-refractivity contribution in [3.63, 3.8) is 0 Å². The lowest BCUT2D eigenvalue weighted by atomic mass is 10.0. The van der Waals surface area contributed by atoms with Crippen LogP contribution in [-0.4, -0.2) is 58.8 Å². The van der Waals surface area contributed by atoms with E-state index in [1.165, 1.54) is 77.0 Å². The predicted molar refractivity (Wildman–Crippen MR) is 152 cm³/mol. The Morgan fingerprint density at radius 1 is 0.553 bits per heavy atom. The van der Waals surface area contributed by atoms with Crippen molar-refractivity contribution in [2.24, 2.45) is 0 Å². The molecule has 0 radical (unpaired) electrons. The van der Waals surface area contributed by atoms with Gasteiger partial charge in [-0.2, -0.15) is 0 Å². The Labute approximate surface area is 232 Å². The summed E-state index contributed by atoms with van der Waals surface area (Å²) < 4.78 is 0.584. The lowest BCUT2D eigenvalue weighted by molar-refractivity contribution is -0.928. The minimum Gasteiger partial charge on any atom is -0.550 e. The van der Waals surface area contributed by atoms with Crippen molar-refractivity contribution >= 4 is 17.9 Å². The van der Waals surface area contributed by atoms with Gasteiger partial charge in [0.1, 0.15) is 0 Å². The minimum atomic E-state index is -1.08. The van der Waals surface area contributed by atoms with Crippen molar-refractivity contribution in [1.82, 2.24) is 0 Å². The average molecular weight is 540 g/mol. The summed E-state index contributed by atoms with van der Waals surface area (Å²) in [6.07, 6.45) is 25.2. The van der Waals surface area contributed by atoms with Gasteiger partial charge in [-0.25, -0.2) is 0 Å². The lowest BCUT2D eigenvalue weighted by Crippen LogP contribution is -2.51. The molecule has 7 nitrogen and oxygen atoms in total. The van der Waals surface area contributed by atoms with Gasteiger partial charge in [-0.05, 0) is 25.7 Å². The monoisotopic (exact) mass is 539 g/mol. The molecule has 0 aliphatic rings. The Bertz CT molecular complexity index is 584. The molecule has 0 amide bonds. The van der Waals surface area contributed by atoms with E-state index in [0.717, 1.165) is 25.8 Å². The maximum atomic E-state index is 11.0. The highest BCUT2D eigenvalue weighted by Gasteiger charge is 2.26. The van der Waals surface area contributed by atoms with Crippen molar-refractivity contribution in [3.05, 3.63) is 12.2 Å². The summed E-state index contributed by atoms with van der Waals surface area (Å²) in [4.78, 5) is 33.0. The third kappa shape index (κ3) is 24.4. The first kappa shape index (κ1) is 36.1. The zero-order chi connectivity index (χ0) is 28.3. The maximum Gasteiger partial charge on any atom is 0.303 e. The SMILES string of the molecule is CCCCCCCCCCCCCC/C=C/CCC[N+](CCCC(=O)[O-])(CCCC(=O)O)CCCC(=O)O. The molecular weight excluding hydrogens is 482 g/mol. The number of carboxylic acids is 3. The van der Waals surface area contributed by atoms with E-state index in [9.17, 15) is 19.5 Å². The zero-order valence-electron chi connectivity index (χ0n) is 24.3. The fraction of sp³-hybridized carbons (Fsp3) is 0.839. The molecule has 0 saturated carbocycles. The van der Waals surface area contributed by atoms with Crippen LogP contribution in [0.4, 0.5) is 0 Å². The number of allylic oxidation sites excluding steroid dienone is 2. The van der Waals surface area contributed by atoms with E-state index < -0.39 is 17.9 Å². The lowest BCUT2D eigenvalue weighted by Gasteiger charge is -2.39. The molecule has 0 aromatic carbocycles. The third-order valence-electron chi connectivity index (χ3n) is 7.45. The van der Waals surface area contributed by atoms with Crippen molar-refractivity contribution in [3.8, 4) is 0 Å². The molecule has 0 fully saturated rings. The van der Waals surface area contributed by atoms with Gasteiger partial charge in [-0.3, -0.25) is 9.59 Å². The van der Waals surface area contributed by atoms with Crippen molar-refractivity contribution in [2.75, 3.05) is 26.2 Å². The normalized spacial score (nSPS) is 11.8. The molecule has 0 bridgehead atoms. The second-order valence-electron chi connectivity index (χ2n) is 11.0. The van der Waals surface area contributed by atoms with Gasteiger partial charge >= 0.3 is 11.9 Å². The molecule has 0 aliphatic carbocycles. The zero-order valence-corrected chi connectivity index (χ0v) is 24.3. The molecule has 0 rings (SSSR count). The average Bonchev–Trinajstić information content (AvgIpc) is 2.85. The van der Waals surface area contributed by atoms with Crippen LogP contribution in [0.3, 0.4) is 0 Å². The highest BCUT2D eigenvalue weighted by Crippen LogP contribution is 2.18. The number of unbranched alkanes of at least 4 members (excludes halogenated alkanes) is 13. The number of carbonyl (C=O) groups excluding carboxylic acids is 1. The number of carboxylic acid groups (broad SMARTS) is 3. The molecule has 0 aromatic rings. The van der Waals surface area contributed by atoms with Gasteiger partial charge in [0.25, 0.3) is 0 Å². The predicted octanol–water partition coefficient (Wildman–Crippen LogP) is 6.49. The van der Waals surface area contributed by atoms with Crippen LogP contribution < -0.4 is 5.11 Å². The molecule has 0 aliphatic heterocycles. The van der Waals surface area contributed by atoms with Crippen LogP contribution >= 0.6 is 0 Å². The van der Waals surface area contributed by atoms with Crippen LogP contribution in [-0.2, 0) is 14.4 Å². The summed E-state index contributed by atoms with van der Waals surface area (Å²) in [6.45, 7) is 4.92. The fourth-order valence-electron chi connectivity index (χ4n) is 5.24. The van der Waals surface area contributed by atoms with Crippen molar-refractivity contribution in [1.29, 1.82) is 0 Å². The first-order valence-electron chi connectivity index (χ1n) is 15.4. The molecule has 0 unspecified atom stereocenters. The summed E-state index contributed by atoms with van der Waals surface area (Å²) in [6, 6.07) is 0.